The number of hydrogen-bond donors (Lipinski definition) is 2. The summed E-state index contributed by atoms with van der Waals surface area (Å²) in [5.74, 6) is 0. The van der Waals surface area contributed by atoms with Gasteiger partial charge < -0.3 is 46.4 Å². The third kappa shape index (κ3) is 33.5. The molecule has 0 aliphatic carbocycles. The fourth-order valence-electron chi connectivity index (χ4n) is 5.67. The van der Waals surface area contributed by atoms with Crippen molar-refractivity contribution in [1.29, 1.82) is 0 Å². The molecule has 0 heterocycles. The quantitative estimate of drug-likeness (QED) is 0.0432. The van der Waals surface area contributed by atoms with E-state index < -0.39 is 30.4 Å². The van der Waals surface area contributed by atoms with Gasteiger partial charge in [-0.15, -0.1) is 0 Å². The zero-order valence-corrected chi connectivity index (χ0v) is 42.8. The number of rotatable bonds is 48. The molecule has 0 bridgehead atoms. The molecule has 0 fully saturated rings. The summed E-state index contributed by atoms with van der Waals surface area (Å²) >= 11 is 0. The minimum absolute atomic E-state index is 0.0693. The van der Waals surface area contributed by atoms with Crippen molar-refractivity contribution in [3.05, 3.63) is 0 Å². The largest absolute Gasteiger partial charge is 0.396 e. The standard InChI is InChI=1S/C41H90N2O14P4/c1-7-13-30-50-58(46,51-31-14-8-2)38-42(26-25-28-44)39-59(47,52-32-15-9-3)56-36-23-21-19-20-22-24-37-57-61(49,55-35-18-12-6)41-43(27-29-45)40-60(48,53-33-16-10-4)54-34-17-11-5/h44-45H,7-41H2,1-6H3. The maximum absolute atomic E-state index is 14.1. The Balaban J connectivity index is 5.30. The van der Waals surface area contributed by atoms with Crippen molar-refractivity contribution in [2.75, 3.05) is 104 Å². The fraction of sp³-hybridized carbons (Fsp3) is 1.00. The number of aliphatic hydroxyl groups excluding tert-OH is 2. The van der Waals surface area contributed by atoms with Crippen molar-refractivity contribution in [2.24, 2.45) is 0 Å². The molecule has 2 N–H and O–H groups in total. The van der Waals surface area contributed by atoms with E-state index in [9.17, 15) is 28.5 Å². The van der Waals surface area contributed by atoms with E-state index in [2.05, 4.69) is 0 Å². The molecule has 368 valence electrons. The van der Waals surface area contributed by atoms with Gasteiger partial charge in [-0.25, -0.2) is 0 Å². The molecule has 0 rings (SSSR count). The SMILES string of the molecule is CCCCOP(=O)(CN(CCO)CP(=O)(OCCCC)OCCCCCCCCOP(=O)(CN(CCCO)CP(=O)(OCCCC)OCCCC)OCCCC)OCCCC. The number of unbranched alkanes of at least 4 members (excludes halogenated alkanes) is 11. The second-order valence-corrected chi connectivity index (χ2v) is 23.6. The predicted molar refractivity (Wildman–Crippen MR) is 247 cm³/mol. The number of nitrogens with zero attached hydrogens (tertiary/aromatic N) is 2. The lowest BCUT2D eigenvalue weighted by Crippen LogP contribution is -2.31. The van der Waals surface area contributed by atoms with E-state index in [0.29, 0.717) is 45.4 Å². The summed E-state index contributed by atoms with van der Waals surface area (Å²) in [4.78, 5) is 3.34. The van der Waals surface area contributed by atoms with E-state index in [1.807, 2.05) is 41.5 Å². The van der Waals surface area contributed by atoms with Gasteiger partial charge >= 0.3 is 30.4 Å². The molecular weight excluding hydrogens is 868 g/mol. The Morgan fingerprint density at radius 2 is 0.541 bits per heavy atom. The first-order valence-electron chi connectivity index (χ1n) is 23.5. The van der Waals surface area contributed by atoms with Gasteiger partial charge in [-0.2, -0.15) is 0 Å². The van der Waals surface area contributed by atoms with E-state index in [1.54, 1.807) is 9.80 Å². The molecule has 0 aromatic carbocycles. The Labute approximate surface area is 371 Å². The molecule has 0 aromatic heterocycles. The monoisotopic (exact) mass is 959 g/mol. The topological polar surface area (TPSA) is 189 Å². The number of hydrogen-bond acceptors (Lipinski definition) is 16. The zero-order valence-electron chi connectivity index (χ0n) is 39.2. The van der Waals surface area contributed by atoms with Gasteiger partial charge in [-0.05, 0) is 57.8 Å². The minimum Gasteiger partial charge on any atom is -0.396 e. The fourth-order valence-corrected chi connectivity index (χ4v) is 13.1. The third-order valence-electron chi connectivity index (χ3n) is 9.37. The van der Waals surface area contributed by atoms with Gasteiger partial charge in [0.05, 0.1) is 59.5 Å². The van der Waals surface area contributed by atoms with Crippen LogP contribution in [0.2, 0.25) is 0 Å². The highest BCUT2D eigenvalue weighted by atomic mass is 31.2. The molecule has 16 nitrogen and oxygen atoms in total. The van der Waals surface area contributed by atoms with Crippen LogP contribution in [-0.4, -0.2) is 124 Å². The average Bonchev–Trinajstić information content (AvgIpc) is 3.21. The highest BCUT2D eigenvalue weighted by Crippen LogP contribution is 2.55. The maximum atomic E-state index is 14.1. The Morgan fingerprint density at radius 1 is 0.311 bits per heavy atom. The van der Waals surface area contributed by atoms with Gasteiger partial charge in [0.15, 0.2) is 0 Å². The Morgan fingerprint density at radius 3 is 0.770 bits per heavy atom. The van der Waals surface area contributed by atoms with E-state index >= 15 is 0 Å². The number of aliphatic hydroxyl groups is 2. The first kappa shape index (κ1) is 61.4. The highest BCUT2D eigenvalue weighted by molar-refractivity contribution is 7.55. The van der Waals surface area contributed by atoms with Crippen LogP contribution in [0, 0.1) is 0 Å². The Kier molecular flexibility index (Phi) is 39.9. The molecule has 2 atom stereocenters. The molecule has 0 spiro atoms. The second kappa shape index (κ2) is 39.6. The average molecular weight is 959 g/mol. The van der Waals surface area contributed by atoms with Crippen molar-refractivity contribution in [1.82, 2.24) is 9.80 Å². The van der Waals surface area contributed by atoms with Crippen LogP contribution in [0.4, 0.5) is 0 Å². The van der Waals surface area contributed by atoms with Crippen LogP contribution in [0.15, 0.2) is 0 Å². The highest BCUT2D eigenvalue weighted by Gasteiger charge is 2.35. The van der Waals surface area contributed by atoms with Crippen LogP contribution < -0.4 is 0 Å². The summed E-state index contributed by atoms with van der Waals surface area (Å²) in [6.07, 6.45) is 14.4. The molecule has 2 unspecified atom stereocenters. The molecule has 20 heteroatoms. The van der Waals surface area contributed by atoms with Crippen LogP contribution in [-0.2, 0) is 54.5 Å². The molecule has 0 saturated heterocycles. The zero-order chi connectivity index (χ0) is 45.6. The normalized spacial score (nSPS) is 14.6. The predicted octanol–water partition coefficient (Wildman–Crippen LogP) is 11.8. The van der Waals surface area contributed by atoms with E-state index in [-0.39, 0.29) is 84.5 Å². The molecule has 0 saturated carbocycles. The van der Waals surface area contributed by atoms with Gasteiger partial charge in [-0.3, -0.25) is 28.1 Å². The molecule has 0 amide bonds. The Bertz CT molecular complexity index is 1180. The lowest BCUT2D eigenvalue weighted by atomic mass is 10.1. The van der Waals surface area contributed by atoms with Gasteiger partial charge in [0, 0.05) is 19.7 Å². The van der Waals surface area contributed by atoms with Crippen molar-refractivity contribution >= 4 is 30.4 Å². The van der Waals surface area contributed by atoms with Gasteiger partial charge in [0.1, 0.15) is 25.1 Å². The first-order valence-corrected chi connectivity index (χ1v) is 30.4. The van der Waals surface area contributed by atoms with Crippen molar-refractivity contribution in [2.45, 2.75) is 164 Å². The molecule has 0 aliphatic heterocycles. The lowest BCUT2D eigenvalue weighted by Gasteiger charge is -2.30. The third-order valence-corrected chi connectivity index (χ3v) is 17.0. The van der Waals surface area contributed by atoms with Gasteiger partial charge in [-0.1, -0.05) is 106 Å². The molecular formula is C41H90N2O14P4. The summed E-state index contributed by atoms with van der Waals surface area (Å²) in [6, 6.07) is 0. The van der Waals surface area contributed by atoms with Crippen LogP contribution in [0.3, 0.4) is 0 Å². The van der Waals surface area contributed by atoms with Gasteiger partial charge in [0.25, 0.3) is 0 Å². The maximum Gasteiger partial charge on any atom is 0.344 e. The van der Waals surface area contributed by atoms with Crippen LogP contribution >= 0.6 is 30.4 Å². The summed E-state index contributed by atoms with van der Waals surface area (Å²) in [5, 5.41) is 19.4. The lowest BCUT2D eigenvalue weighted by molar-refractivity contribution is 0.157. The first-order chi connectivity index (χ1) is 29.3. The van der Waals surface area contributed by atoms with Crippen LogP contribution in [0.5, 0.6) is 0 Å². The summed E-state index contributed by atoms with van der Waals surface area (Å²) in [7, 11) is -14.4. The summed E-state index contributed by atoms with van der Waals surface area (Å²) in [5.41, 5.74) is 0. The molecule has 61 heavy (non-hydrogen) atoms. The Hall–Kier alpha value is 0.440. The van der Waals surface area contributed by atoms with Gasteiger partial charge in [0.2, 0.25) is 0 Å². The van der Waals surface area contributed by atoms with Crippen LogP contribution in [0.1, 0.15) is 164 Å². The molecule has 0 radical (unpaired) electrons. The van der Waals surface area contributed by atoms with Crippen molar-refractivity contribution in [3.8, 4) is 0 Å². The molecule has 0 aromatic rings. The summed E-state index contributed by atoms with van der Waals surface area (Å²) in [6.45, 7) is 14.4. The minimum atomic E-state index is -3.64. The van der Waals surface area contributed by atoms with E-state index in [4.69, 9.17) is 36.2 Å². The van der Waals surface area contributed by atoms with Crippen LogP contribution in [0.25, 0.3) is 0 Å². The smallest absolute Gasteiger partial charge is 0.344 e. The second-order valence-electron chi connectivity index (χ2n) is 15.5. The summed E-state index contributed by atoms with van der Waals surface area (Å²) < 4.78 is 102. The molecule has 0 aliphatic rings. The van der Waals surface area contributed by atoms with E-state index in [0.717, 1.165) is 96.3 Å². The van der Waals surface area contributed by atoms with E-state index in [1.165, 1.54) is 0 Å². The van der Waals surface area contributed by atoms with Crippen molar-refractivity contribution < 1.29 is 64.7 Å². The van der Waals surface area contributed by atoms with Crippen molar-refractivity contribution in [3.63, 3.8) is 0 Å².